The molecule has 0 unspecified atom stereocenters. The fourth-order valence-corrected chi connectivity index (χ4v) is 0. The molecule has 0 saturated carbocycles. The van der Waals surface area contributed by atoms with Crippen molar-refractivity contribution in [2.45, 2.75) is 0 Å². The van der Waals surface area contributed by atoms with Crippen LogP contribution in [0.4, 0.5) is 0 Å². The van der Waals surface area contributed by atoms with Crippen molar-refractivity contribution in [1.82, 2.24) is 6.15 Å². The van der Waals surface area contributed by atoms with Crippen molar-refractivity contribution in [3.05, 3.63) is 10.1 Å². The molecule has 0 aliphatic carbocycles. The minimum atomic E-state index is -1.50. The first-order valence-electron chi connectivity index (χ1n) is 0.565. The highest BCUT2D eigenvalue weighted by Crippen LogP contribution is 1.38. The van der Waals surface area contributed by atoms with E-state index in [-0.39, 0.29) is 6.15 Å². The van der Waals surface area contributed by atoms with E-state index in [2.05, 4.69) is 0 Å². The van der Waals surface area contributed by atoms with E-state index in [1.165, 1.54) is 0 Å². The predicted molar refractivity (Wildman–Crippen MR) is 14.8 cm³/mol. The van der Waals surface area contributed by atoms with E-state index >= 15 is 0 Å². The molecule has 0 fully saturated rings. The van der Waals surface area contributed by atoms with Crippen LogP contribution >= 0.6 is 0 Å². The van der Waals surface area contributed by atoms with E-state index < -0.39 is 5.09 Å². The highest BCUT2D eigenvalue weighted by Gasteiger charge is 1.65. The largest absolute Gasteiger partial charge is 0.369 e. The molecule has 0 heterocycles. The van der Waals surface area contributed by atoms with Gasteiger partial charge >= 0.3 is 0 Å². The smallest absolute Gasteiger partial charge is 0.291 e. The molecule has 0 aliphatic rings. The third kappa shape index (κ3) is 6.03. The number of nitrogens with zero attached hydrogens (tertiary/aromatic N) is 1. The first kappa shape index (κ1) is 8.90. The molecule has 5 heteroatoms. The van der Waals surface area contributed by atoms with Gasteiger partial charge in [-0.3, -0.25) is 0 Å². The Morgan fingerprint density at radius 3 is 1.80 bits per heavy atom. The van der Waals surface area contributed by atoms with Crippen LogP contribution in [0.1, 0.15) is 0 Å². The Hall–Kier alpha value is -0.840. The number of hydrogen-bond donors (Lipinski definition) is 2. The van der Waals surface area contributed by atoms with Gasteiger partial charge in [-0.2, -0.15) is 0 Å². The summed E-state index contributed by atoms with van der Waals surface area (Å²) in [4.78, 5) is 8.36. The van der Waals surface area contributed by atoms with Crippen LogP contribution in [0, 0.1) is 10.1 Å². The third-order valence-corrected chi connectivity index (χ3v) is 0. The Bertz CT molecular complexity index is 27.9. The molecular formula is H5N2O3+. The summed E-state index contributed by atoms with van der Waals surface area (Å²) in [7, 11) is 0. The lowest BCUT2D eigenvalue weighted by atomic mass is 13.8. The van der Waals surface area contributed by atoms with E-state index in [1.54, 1.807) is 0 Å². The van der Waals surface area contributed by atoms with Crippen molar-refractivity contribution in [3.63, 3.8) is 0 Å². The molecule has 0 atom stereocenters. The molecule has 0 amide bonds. The fourth-order valence-electron chi connectivity index (χ4n) is 0. The van der Waals surface area contributed by atoms with Crippen molar-refractivity contribution in [3.8, 4) is 0 Å². The second-order valence-corrected chi connectivity index (χ2v) is 0.238. The minimum absolute atomic E-state index is 0. The molecule has 5 N–H and O–H groups in total. The van der Waals surface area contributed by atoms with Crippen LogP contribution in [0.15, 0.2) is 0 Å². The van der Waals surface area contributed by atoms with Gasteiger partial charge in [-0.25, -0.2) is 0 Å². The average Bonchev–Trinajstić information content (AvgIpc) is 0.811. The van der Waals surface area contributed by atoms with Crippen molar-refractivity contribution < 1.29 is 10.3 Å². The maximum Gasteiger partial charge on any atom is 0.291 e. The highest BCUT2D eigenvalue weighted by atomic mass is 17.2. The molecule has 0 aromatic carbocycles. The van der Waals surface area contributed by atoms with Gasteiger partial charge in [0.2, 0.25) is 0 Å². The van der Waals surface area contributed by atoms with Crippen molar-refractivity contribution in [2.75, 3.05) is 0 Å². The predicted octanol–water partition coefficient (Wildman–Crippen LogP) is 0.0285. The van der Waals surface area contributed by atoms with Gasteiger partial charge in [-0.15, -0.1) is 10.1 Å². The summed E-state index contributed by atoms with van der Waals surface area (Å²) in [5.41, 5.74) is 0. The highest BCUT2D eigenvalue weighted by molar-refractivity contribution is 3.83. The summed E-state index contributed by atoms with van der Waals surface area (Å²) >= 11 is 0. The fraction of sp³-hybridized carbons (Fsp3) is 0. The quantitative estimate of drug-likeness (QED) is 0.245. The molecule has 32 valence electrons. The maximum absolute atomic E-state index is 8.36. The van der Waals surface area contributed by atoms with E-state index in [9.17, 15) is 0 Å². The van der Waals surface area contributed by atoms with Crippen LogP contribution in [0.25, 0.3) is 0 Å². The zero-order valence-electron chi connectivity index (χ0n) is 2.71. The summed E-state index contributed by atoms with van der Waals surface area (Å²) in [6.45, 7) is 0. The molecule has 5 nitrogen and oxygen atoms in total. The van der Waals surface area contributed by atoms with Gasteiger partial charge in [0.15, 0.2) is 0 Å². The van der Waals surface area contributed by atoms with Crippen LogP contribution in [0.2, 0.25) is 0 Å². The Kier molecular flexibility index (Phi) is 5.63. The number of quaternary nitrogens is 1. The summed E-state index contributed by atoms with van der Waals surface area (Å²) in [5.74, 6) is 0. The van der Waals surface area contributed by atoms with Crippen LogP contribution in [0.5, 0.6) is 0 Å². The Labute approximate surface area is 27.9 Å². The summed E-state index contributed by atoms with van der Waals surface area (Å²) in [5, 5.41) is 13.6. The van der Waals surface area contributed by atoms with E-state index in [0.29, 0.717) is 0 Å². The van der Waals surface area contributed by atoms with Crippen molar-refractivity contribution in [2.24, 2.45) is 0 Å². The zero-order valence-corrected chi connectivity index (χ0v) is 2.71. The lowest BCUT2D eigenvalue weighted by Gasteiger charge is -1.56. The lowest BCUT2D eigenvalue weighted by Crippen LogP contribution is -1.81. The van der Waals surface area contributed by atoms with Crippen LogP contribution in [-0.4, -0.2) is 10.3 Å². The van der Waals surface area contributed by atoms with Gasteiger partial charge < -0.3 is 11.4 Å². The number of hydrogen-bond acceptors (Lipinski definition) is 2. The van der Waals surface area contributed by atoms with Crippen molar-refractivity contribution >= 4 is 0 Å². The molecule has 0 radical (unpaired) electrons. The van der Waals surface area contributed by atoms with E-state index in [0.717, 1.165) is 0 Å². The van der Waals surface area contributed by atoms with Crippen LogP contribution in [-0.2, 0) is 0 Å². The lowest BCUT2D eigenvalue weighted by molar-refractivity contribution is -0.742. The Morgan fingerprint density at radius 1 is 1.80 bits per heavy atom. The summed E-state index contributed by atoms with van der Waals surface area (Å²) < 4.78 is 0. The molecule has 0 aliphatic heterocycles. The molecule has 0 spiro atoms. The van der Waals surface area contributed by atoms with Gasteiger partial charge in [0.05, 0.1) is 0 Å². The van der Waals surface area contributed by atoms with E-state index in [1.807, 2.05) is 0 Å². The second-order valence-electron chi connectivity index (χ2n) is 0.238. The van der Waals surface area contributed by atoms with Gasteiger partial charge in [0.1, 0.15) is 0 Å². The average molecular weight is 82.0 g/mol. The topological polar surface area (TPSA) is 99.9 Å². The van der Waals surface area contributed by atoms with Crippen molar-refractivity contribution in [1.29, 1.82) is 0 Å². The summed E-state index contributed by atoms with van der Waals surface area (Å²) in [6, 6.07) is 0. The van der Waals surface area contributed by atoms with E-state index in [4.69, 9.17) is 15.3 Å². The van der Waals surface area contributed by atoms with Gasteiger partial charge in [0, 0.05) is 0 Å². The third-order valence-electron chi connectivity index (χ3n) is 0. The first-order chi connectivity index (χ1) is 1.73. The Balaban J connectivity index is 0. The van der Waals surface area contributed by atoms with Crippen LogP contribution in [0.3, 0.4) is 0 Å². The molecule has 0 aromatic rings. The first-order valence-corrected chi connectivity index (χ1v) is 0.565. The van der Waals surface area contributed by atoms with Gasteiger partial charge in [0.25, 0.3) is 5.09 Å². The standard InChI is InChI=1S/HNO3.H3N/c2-1(3)4;/h(H,2,3,4);1H3/p+1/i1+1;. The van der Waals surface area contributed by atoms with Gasteiger partial charge in [-0.05, 0) is 0 Å². The van der Waals surface area contributed by atoms with Gasteiger partial charge in [-0.1, -0.05) is 0 Å². The maximum atomic E-state index is 8.36. The number of rotatable bonds is 0. The normalized spacial score (nSPS) is 4.80. The minimum Gasteiger partial charge on any atom is -0.369 e. The molecule has 5 heavy (non-hydrogen) atoms. The molecule has 0 rings (SSSR count). The van der Waals surface area contributed by atoms with Crippen LogP contribution < -0.4 is 6.15 Å². The SMILES string of the molecule is O=[15N+]([O-])O.[NH4+]. The second kappa shape index (κ2) is 3.16. The molecule has 0 saturated heterocycles. The Morgan fingerprint density at radius 2 is 1.80 bits per heavy atom. The molecule has 0 bridgehead atoms. The zero-order chi connectivity index (χ0) is 3.58. The summed E-state index contributed by atoms with van der Waals surface area (Å²) in [6.07, 6.45) is 0. The molecule has 0 aromatic heterocycles. The monoisotopic (exact) mass is 82.0 g/mol. The molecular weight excluding hydrogens is 77.0 g/mol.